The van der Waals surface area contributed by atoms with Gasteiger partial charge in [0, 0.05) is 18.4 Å². The van der Waals surface area contributed by atoms with E-state index in [1.54, 1.807) is 0 Å². The van der Waals surface area contributed by atoms with Crippen LogP contribution >= 0.6 is 0 Å². The number of rotatable bonds is 22. The molecule has 6 nitrogen and oxygen atoms in total. The molecule has 0 spiro atoms. The maximum Gasteiger partial charge on any atom is 0.460 e. The number of hydrogen-bond acceptors (Lipinski definition) is 6. The molecule has 0 aliphatic rings. The summed E-state index contributed by atoms with van der Waals surface area (Å²) < 4.78 is 255. The van der Waals surface area contributed by atoms with Gasteiger partial charge in [0.2, 0.25) is 0 Å². The van der Waals surface area contributed by atoms with E-state index in [0.29, 0.717) is 0 Å². The van der Waals surface area contributed by atoms with E-state index in [4.69, 9.17) is 18.9 Å². The van der Waals surface area contributed by atoms with Gasteiger partial charge in [-0.3, -0.25) is 0 Å². The average molecular weight is 941 g/mol. The van der Waals surface area contributed by atoms with E-state index in [2.05, 4.69) is 0 Å². The highest BCUT2D eigenvalue weighted by Gasteiger charge is 2.82. The molecule has 63 heavy (non-hydrogen) atoms. The lowest BCUT2D eigenvalue weighted by molar-refractivity contribution is -0.396. The van der Waals surface area contributed by atoms with Crippen molar-refractivity contribution in [3.63, 3.8) is 0 Å². The SMILES string of the molecule is Cc1c(OC(=O)c2ccc(OCCCCCC(F)(F)C(F)(F)C(F)(F)C(F)(F)F)cc2)cccc1OC(=O)c1ccc(OCCCCCC(F)(F)C(F)(F)C(F)(F)C(F)(F)F)cc1. The van der Waals surface area contributed by atoms with Crippen LogP contribution < -0.4 is 18.9 Å². The van der Waals surface area contributed by atoms with Crippen LogP contribution in [0.15, 0.2) is 66.7 Å². The molecule has 0 radical (unpaired) electrons. The predicted molar refractivity (Wildman–Crippen MR) is 184 cm³/mol. The minimum absolute atomic E-state index is 0.0105. The van der Waals surface area contributed by atoms with Crippen LogP contribution in [0.4, 0.5) is 79.0 Å². The highest BCUT2D eigenvalue weighted by Crippen LogP contribution is 2.55. The van der Waals surface area contributed by atoms with Gasteiger partial charge in [0.25, 0.3) is 0 Å². The third kappa shape index (κ3) is 12.1. The number of alkyl halides is 18. The molecule has 3 rings (SSSR count). The van der Waals surface area contributed by atoms with Gasteiger partial charge >= 0.3 is 59.8 Å². The Labute approximate surface area is 345 Å². The van der Waals surface area contributed by atoms with Crippen molar-refractivity contribution < 1.29 is 108 Å². The Morgan fingerprint density at radius 1 is 0.429 bits per heavy atom. The summed E-state index contributed by atoms with van der Waals surface area (Å²) in [5, 5.41) is 0. The molecule has 24 heteroatoms. The first-order chi connectivity index (χ1) is 28.8. The Kier molecular flexibility index (Phi) is 16.4. The van der Waals surface area contributed by atoms with Crippen LogP contribution in [0.5, 0.6) is 23.0 Å². The number of esters is 2. The third-order valence-electron chi connectivity index (χ3n) is 9.05. The van der Waals surface area contributed by atoms with Crippen LogP contribution in [-0.2, 0) is 0 Å². The fourth-order valence-electron chi connectivity index (χ4n) is 5.27. The minimum atomic E-state index is -6.96. The molecule has 0 bridgehead atoms. The van der Waals surface area contributed by atoms with Gasteiger partial charge in [-0.2, -0.15) is 79.0 Å². The highest BCUT2D eigenvalue weighted by molar-refractivity contribution is 5.92. The highest BCUT2D eigenvalue weighted by atomic mass is 19.4. The number of ether oxygens (including phenoxy) is 4. The Morgan fingerprint density at radius 2 is 0.746 bits per heavy atom. The zero-order valence-electron chi connectivity index (χ0n) is 32.2. The third-order valence-corrected chi connectivity index (χ3v) is 9.05. The molecule has 0 unspecified atom stereocenters. The maximum atomic E-state index is 13.7. The number of unbranched alkanes of at least 4 members (excludes halogenated alkanes) is 4. The summed E-state index contributed by atoms with van der Waals surface area (Å²) in [6, 6.07) is 14.4. The van der Waals surface area contributed by atoms with Gasteiger partial charge in [0.1, 0.15) is 23.0 Å². The molecule has 0 amide bonds. The molecule has 0 atom stereocenters. The molecule has 0 fully saturated rings. The monoisotopic (exact) mass is 940 g/mol. The zero-order valence-corrected chi connectivity index (χ0v) is 32.2. The van der Waals surface area contributed by atoms with Crippen molar-refractivity contribution in [3.8, 4) is 23.0 Å². The van der Waals surface area contributed by atoms with Crippen LogP contribution in [0.1, 0.15) is 77.6 Å². The summed E-state index contributed by atoms with van der Waals surface area (Å²) in [6.07, 6.45) is -20.2. The second kappa shape index (κ2) is 19.8. The summed E-state index contributed by atoms with van der Waals surface area (Å²) in [6.45, 7) is 1.03. The van der Waals surface area contributed by atoms with Gasteiger partial charge in [0.05, 0.1) is 24.3 Å². The summed E-state index contributed by atoms with van der Waals surface area (Å²) in [4.78, 5) is 25.6. The summed E-state index contributed by atoms with van der Waals surface area (Å²) in [7, 11) is 0. The first kappa shape index (κ1) is 52.3. The molecule has 0 saturated carbocycles. The second-order valence-electron chi connectivity index (χ2n) is 13.7. The fraction of sp³-hybridized carbons (Fsp3) is 0.487. The molecule has 0 aliphatic carbocycles. The lowest BCUT2D eigenvalue weighted by atomic mass is 9.98. The summed E-state index contributed by atoms with van der Waals surface area (Å²) in [5.41, 5.74) is 0.178. The number of hydrogen-bond donors (Lipinski definition) is 0. The largest absolute Gasteiger partial charge is 0.494 e. The van der Waals surface area contributed by atoms with E-state index in [1.165, 1.54) is 73.7 Å². The molecule has 0 heterocycles. The van der Waals surface area contributed by atoms with Crippen LogP contribution in [-0.4, -0.2) is 73.0 Å². The predicted octanol–water partition coefficient (Wildman–Crippen LogP) is 13.2. The van der Waals surface area contributed by atoms with E-state index in [1.807, 2.05) is 0 Å². The molecule has 0 aromatic heterocycles. The van der Waals surface area contributed by atoms with Crippen LogP contribution in [0.25, 0.3) is 0 Å². The van der Waals surface area contributed by atoms with E-state index < -0.39 is 85.5 Å². The Hall–Kier alpha value is -5.06. The molecule has 0 N–H and O–H groups in total. The van der Waals surface area contributed by atoms with Crippen molar-refractivity contribution in [2.45, 2.75) is 106 Å². The topological polar surface area (TPSA) is 71.1 Å². The van der Waals surface area contributed by atoms with Crippen molar-refractivity contribution >= 4 is 11.9 Å². The fourth-order valence-corrected chi connectivity index (χ4v) is 5.27. The van der Waals surface area contributed by atoms with E-state index >= 15 is 0 Å². The minimum Gasteiger partial charge on any atom is -0.494 e. The van der Waals surface area contributed by atoms with E-state index in [0.717, 1.165) is 0 Å². The standard InChI is InChI=1S/C39H34F18O6/c1-23-28(62-30(58)24-11-15-26(16-12-24)60-21-6-2-4-19-32(40,41)34(44,45)36(48,49)38(52,53)54)9-8-10-29(23)63-31(59)25-13-17-27(18-14-25)61-22-7-3-5-20-33(42,43)35(46,47)37(50,51)39(55,56)57/h8-18H,2-7,19-22H2,1H3. The number of carbonyl (C=O) groups is 2. The quantitative estimate of drug-likeness (QED) is 0.0433. The van der Waals surface area contributed by atoms with Crippen molar-refractivity contribution in [1.82, 2.24) is 0 Å². The van der Waals surface area contributed by atoms with Gasteiger partial charge < -0.3 is 18.9 Å². The first-order valence-electron chi connectivity index (χ1n) is 18.2. The van der Waals surface area contributed by atoms with Gasteiger partial charge in [-0.15, -0.1) is 0 Å². The molecule has 0 aliphatic heterocycles. The van der Waals surface area contributed by atoms with Crippen LogP contribution in [0.2, 0.25) is 0 Å². The lowest BCUT2D eigenvalue weighted by Crippen LogP contribution is -2.60. The average Bonchev–Trinajstić information content (AvgIpc) is 3.18. The zero-order chi connectivity index (χ0) is 47.9. The van der Waals surface area contributed by atoms with Gasteiger partial charge in [-0.25, -0.2) is 9.59 Å². The summed E-state index contributed by atoms with van der Waals surface area (Å²) >= 11 is 0. The van der Waals surface area contributed by atoms with Crippen molar-refractivity contribution in [1.29, 1.82) is 0 Å². The number of carbonyl (C=O) groups excluding carboxylic acids is 2. The van der Waals surface area contributed by atoms with Gasteiger partial charge in [-0.05, 0) is 106 Å². The molecule has 352 valence electrons. The summed E-state index contributed by atoms with van der Waals surface area (Å²) in [5.74, 6) is -40.2. The van der Waals surface area contributed by atoms with E-state index in [-0.39, 0.29) is 78.6 Å². The van der Waals surface area contributed by atoms with E-state index in [9.17, 15) is 88.6 Å². The lowest BCUT2D eigenvalue weighted by Gasteiger charge is -2.33. The number of halogens is 18. The van der Waals surface area contributed by atoms with Gasteiger partial charge in [0.15, 0.2) is 0 Å². The molecule has 3 aromatic rings. The Bertz CT molecular complexity index is 1840. The number of benzene rings is 3. The van der Waals surface area contributed by atoms with Crippen LogP contribution in [0.3, 0.4) is 0 Å². The van der Waals surface area contributed by atoms with Crippen molar-refractivity contribution in [2.75, 3.05) is 13.2 Å². The van der Waals surface area contributed by atoms with Crippen LogP contribution in [0, 0.1) is 6.92 Å². The molecular weight excluding hydrogens is 906 g/mol. The smallest absolute Gasteiger partial charge is 0.460 e. The molecule has 0 saturated heterocycles. The second-order valence-corrected chi connectivity index (χ2v) is 13.7. The normalized spacial score (nSPS) is 13.4. The Morgan fingerprint density at radius 3 is 1.05 bits per heavy atom. The van der Waals surface area contributed by atoms with Crippen molar-refractivity contribution in [3.05, 3.63) is 83.4 Å². The molecule has 3 aromatic carbocycles. The first-order valence-corrected chi connectivity index (χ1v) is 18.2. The van der Waals surface area contributed by atoms with Crippen molar-refractivity contribution in [2.24, 2.45) is 0 Å². The molecular formula is C39H34F18O6. The maximum absolute atomic E-state index is 13.7. The van der Waals surface area contributed by atoms with Gasteiger partial charge in [-0.1, -0.05) is 6.07 Å². The Balaban J connectivity index is 1.43.